The molecule has 1 fully saturated rings. The van der Waals surface area contributed by atoms with Crippen LogP contribution in [0.1, 0.15) is 29.4 Å². The second-order valence-electron chi connectivity index (χ2n) is 6.40. The van der Waals surface area contributed by atoms with Gasteiger partial charge in [0.2, 0.25) is 5.91 Å². The predicted molar refractivity (Wildman–Crippen MR) is 106 cm³/mol. The number of carbonyl (C=O) groups excluding carboxylic acids is 2. The largest absolute Gasteiger partial charge is 0.348 e. The molecule has 7 heteroatoms. The van der Waals surface area contributed by atoms with Crippen molar-refractivity contribution >= 4 is 44.7 Å². The molecule has 0 unspecified atom stereocenters. The summed E-state index contributed by atoms with van der Waals surface area (Å²) >= 11 is 3.12. The number of fused-ring (bicyclic) bond motifs is 1. The van der Waals surface area contributed by atoms with E-state index in [2.05, 4.69) is 16.4 Å². The fourth-order valence-corrected chi connectivity index (χ4v) is 5.08. The number of nitrogens with one attached hydrogen (secondary N) is 1. The molecule has 1 aliphatic heterocycles. The van der Waals surface area contributed by atoms with Crippen LogP contribution in [0.2, 0.25) is 0 Å². The van der Waals surface area contributed by atoms with Crippen LogP contribution in [0.25, 0.3) is 20.1 Å². The maximum absolute atomic E-state index is 12.5. The molecular weight excluding hydrogens is 366 g/mol. The molecule has 4 rings (SSSR count). The molecule has 0 aliphatic carbocycles. The van der Waals surface area contributed by atoms with Gasteiger partial charge in [-0.3, -0.25) is 9.59 Å². The number of hydrogen-bond donors (Lipinski definition) is 1. The van der Waals surface area contributed by atoms with Gasteiger partial charge in [0.15, 0.2) is 0 Å². The van der Waals surface area contributed by atoms with Gasteiger partial charge in [-0.25, -0.2) is 4.98 Å². The number of likely N-dealkylation sites (tertiary alicyclic amines) is 1. The molecule has 0 bridgehead atoms. The smallest absolute Gasteiger partial charge is 0.261 e. The fraction of sp³-hybridized carbons (Fsp3) is 0.316. The molecular formula is C19H19N3O2S2. The molecule has 1 N–H and O–H groups in total. The summed E-state index contributed by atoms with van der Waals surface area (Å²) < 4.78 is 1.15. The molecule has 5 nitrogen and oxygen atoms in total. The van der Waals surface area contributed by atoms with Crippen LogP contribution in [-0.4, -0.2) is 40.8 Å². The Balaban J connectivity index is 1.43. The van der Waals surface area contributed by atoms with Crippen LogP contribution in [0.15, 0.2) is 36.4 Å². The van der Waals surface area contributed by atoms with Crippen LogP contribution in [0.3, 0.4) is 0 Å². The summed E-state index contributed by atoms with van der Waals surface area (Å²) in [5.41, 5.74) is 0.990. The predicted octanol–water partition coefficient (Wildman–Crippen LogP) is 3.77. The first-order chi connectivity index (χ1) is 12.6. The lowest BCUT2D eigenvalue weighted by atomic mass is 10.0. The Kier molecular flexibility index (Phi) is 4.74. The van der Waals surface area contributed by atoms with Crippen molar-refractivity contribution in [1.29, 1.82) is 0 Å². The van der Waals surface area contributed by atoms with E-state index in [1.165, 1.54) is 11.3 Å². The van der Waals surface area contributed by atoms with E-state index in [0.29, 0.717) is 18.0 Å². The number of nitrogens with zero attached hydrogens (tertiary/aromatic N) is 2. The van der Waals surface area contributed by atoms with E-state index in [9.17, 15) is 9.59 Å². The van der Waals surface area contributed by atoms with Crippen molar-refractivity contribution < 1.29 is 9.59 Å². The number of thiophene rings is 1. The zero-order valence-electron chi connectivity index (χ0n) is 14.4. The van der Waals surface area contributed by atoms with E-state index in [1.807, 2.05) is 35.2 Å². The average Bonchev–Trinajstić information content (AvgIpc) is 3.29. The van der Waals surface area contributed by atoms with Crippen molar-refractivity contribution in [2.75, 3.05) is 13.1 Å². The monoisotopic (exact) mass is 385 g/mol. The Morgan fingerprint density at radius 3 is 2.62 bits per heavy atom. The molecule has 0 saturated carbocycles. The highest BCUT2D eigenvalue weighted by Gasteiger charge is 2.23. The summed E-state index contributed by atoms with van der Waals surface area (Å²) in [7, 11) is 0. The van der Waals surface area contributed by atoms with E-state index < -0.39 is 0 Å². The minimum absolute atomic E-state index is 0.0383. The summed E-state index contributed by atoms with van der Waals surface area (Å²) in [5, 5.41) is 4.05. The van der Waals surface area contributed by atoms with Crippen LogP contribution in [0.5, 0.6) is 0 Å². The number of aromatic nitrogens is 1. The van der Waals surface area contributed by atoms with E-state index in [0.717, 1.165) is 32.9 Å². The Labute approximate surface area is 159 Å². The second kappa shape index (κ2) is 7.17. The van der Waals surface area contributed by atoms with Gasteiger partial charge in [-0.2, -0.15) is 0 Å². The van der Waals surface area contributed by atoms with E-state index in [-0.39, 0.29) is 17.9 Å². The summed E-state index contributed by atoms with van der Waals surface area (Å²) in [6, 6.07) is 12.0. The minimum atomic E-state index is -0.0383. The third kappa shape index (κ3) is 3.50. The molecule has 0 atom stereocenters. The molecule has 0 spiro atoms. The summed E-state index contributed by atoms with van der Waals surface area (Å²) in [4.78, 5) is 32.1. The molecule has 3 heterocycles. The minimum Gasteiger partial charge on any atom is -0.348 e. The first-order valence-electron chi connectivity index (χ1n) is 8.62. The number of thiazole rings is 1. The van der Waals surface area contributed by atoms with Gasteiger partial charge in [-0.05, 0) is 37.1 Å². The van der Waals surface area contributed by atoms with Crippen molar-refractivity contribution in [3.05, 3.63) is 41.3 Å². The average molecular weight is 386 g/mol. The lowest BCUT2D eigenvalue weighted by Crippen LogP contribution is -2.45. The highest BCUT2D eigenvalue weighted by Crippen LogP contribution is 2.34. The van der Waals surface area contributed by atoms with Crippen molar-refractivity contribution in [2.24, 2.45) is 0 Å². The standard InChI is InChI=1S/C19H19N3O2S2/c1-12(23)22-10-8-13(9-11-22)20-18(24)16-6-7-17(25-16)19-21-14-4-2-3-5-15(14)26-19/h2-7,13H,8-11H2,1H3,(H,20,24). The van der Waals surface area contributed by atoms with Gasteiger partial charge in [-0.1, -0.05) is 12.1 Å². The summed E-state index contributed by atoms with van der Waals surface area (Å²) in [6.07, 6.45) is 1.61. The maximum atomic E-state index is 12.5. The molecule has 1 aliphatic rings. The Morgan fingerprint density at radius 2 is 1.88 bits per heavy atom. The zero-order valence-corrected chi connectivity index (χ0v) is 16.0. The van der Waals surface area contributed by atoms with Crippen LogP contribution in [0, 0.1) is 0 Å². The van der Waals surface area contributed by atoms with E-state index in [4.69, 9.17) is 0 Å². The third-order valence-corrected chi connectivity index (χ3v) is 6.90. The van der Waals surface area contributed by atoms with Crippen molar-refractivity contribution in [1.82, 2.24) is 15.2 Å². The summed E-state index contributed by atoms with van der Waals surface area (Å²) in [6.45, 7) is 3.01. The molecule has 2 aromatic heterocycles. The van der Waals surface area contributed by atoms with Crippen LogP contribution in [0.4, 0.5) is 0 Å². The van der Waals surface area contributed by atoms with Gasteiger partial charge < -0.3 is 10.2 Å². The van der Waals surface area contributed by atoms with E-state index >= 15 is 0 Å². The third-order valence-electron chi connectivity index (χ3n) is 4.61. The van der Waals surface area contributed by atoms with Crippen LogP contribution < -0.4 is 5.32 Å². The van der Waals surface area contributed by atoms with Gasteiger partial charge in [0.1, 0.15) is 5.01 Å². The zero-order chi connectivity index (χ0) is 18.1. The van der Waals surface area contributed by atoms with Crippen molar-refractivity contribution in [3.8, 4) is 9.88 Å². The second-order valence-corrected chi connectivity index (χ2v) is 8.52. The number of benzene rings is 1. The summed E-state index contributed by atoms with van der Waals surface area (Å²) in [5.74, 6) is 0.0668. The van der Waals surface area contributed by atoms with Gasteiger partial charge >= 0.3 is 0 Å². The van der Waals surface area contributed by atoms with Crippen LogP contribution >= 0.6 is 22.7 Å². The number of carbonyl (C=O) groups is 2. The number of para-hydroxylation sites is 1. The van der Waals surface area contributed by atoms with Gasteiger partial charge in [0, 0.05) is 26.1 Å². The Bertz CT molecular complexity index is 922. The van der Waals surface area contributed by atoms with Crippen molar-refractivity contribution in [2.45, 2.75) is 25.8 Å². The molecule has 1 aromatic carbocycles. The number of amides is 2. The first kappa shape index (κ1) is 17.2. The highest BCUT2D eigenvalue weighted by atomic mass is 32.1. The van der Waals surface area contributed by atoms with Gasteiger partial charge in [-0.15, -0.1) is 22.7 Å². The molecule has 0 radical (unpaired) electrons. The first-order valence-corrected chi connectivity index (χ1v) is 10.3. The van der Waals surface area contributed by atoms with Crippen molar-refractivity contribution in [3.63, 3.8) is 0 Å². The number of piperidine rings is 1. The highest BCUT2D eigenvalue weighted by molar-refractivity contribution is 7.26. The van der Waals surface area contributed by atoms with Gasteiger partial charge in [0.05, 0.1) is 20.0 Å². The molecule has 134 valence electrons. The molecule has 3 aromatic rings. The maximum Gasteiger partial charge on any atom is 0.261 e. The fourth-order valence-electron chi connectivity index (χ4n) is 3.15. The number of hydrogen-bond acceptors (Lipinski definition) is 5. The van der Waals surface area contributed by atoms with E-state index in [1.54, 1.807) is 18.3 Å². The molecule has 1 saturated heterocycles. The quantitative estimate of drug-likeness (QED) is 0.747. The van der Waals surface area contributed by atoms with Crippen LogP contribution in [-0.2, 0) is 4.79 Å². The topological polar surface area (TPSA) is 62.3 Å². The SMILES string of the molecule is CC(=O)N1CCC(NC(=O)c2ccc(-c3nc4ccccc4s3)s2)CC1. The lowest BCUT2D eigenvalue weighted by Gasteiger charge is -2.31. The van der Waals surface area contributed by atoms with Gasteiger partial charge in [0.25, 0.3) is 5.91 Å². The lowest BCUT2D eigenvalue weighted by molar-refractivity contribution is -0.129. The number of rotatable bonds is 3. The Hall–Kier alpha value is -2.25. The molecule has 2 amide bonds. The normalized spacial score (nSPS) is 15.3. The Morgan fingerprint density at radius 1 is 1.12 bits per heavy atom. The molecule has 26 heavy (non-hydrogen) atoms.